The summed E-state index contributed by atoms with van der Waals surface area (Å²) >= 11 is 5.83. The van der Waals surface area contributed by atoms with E-state index in [9.17, 15) is 9.59 Å². The highest BCUT2D eigenvalue weighted by Crippen LogP contribution is 2.18. The Hall–Kier alpha value is -2.14. The molecule has 2 N–H and O–H groups in total. The Bertz CT molecular complexity index is 693. The van der Waals surface area contributed by atoms with Crippen LogP contribution in [-0.4, -0.2) is 22.4 Å². The summed E-state index contributed by atoms with van der Waals surface area (Å²) in [5.41, 5.74) is 0.797. The van der Waals surface area contributed by atoms with E-state index in [0.29, 0.717) is 23.2 Å². The zero-order valence-electron chi connectivity index (χ0n) is 11.8. The summed E-state index contributed by atoms with van der Waals surface area (Å²) in [4.78, 5) is 30.0. The number of nitrogens with one attached hydrogen (secondary N) is 2. The van der Waals surface area contributed by atoms with Crippen molar-refractivity contribution < 1.29 is 4.79 Å². The van der Waals surface area contributed by atoms with Gasteiger partial charge in [0.1, 0.15) is 5.69 Å². The van der Waals surface area contributed by atoms with E-state index in [2.05, 4.69) is 15.3 Å². The zero-order valence-corrected chi connectivity index (χ0v) is 12.6. The number of halogens is 1. The van der Waals surface area contributed by atoms with E-state index in [-0.39, 0.29) is 11.6 Å². The molecule has 0 radical (unpaired) electrons. The Morgan fingerprint density at radius 2 is 2.00 bits per heavy atom. The first-order chi connectivity index (χ1) is 9.95. The topological polar surface area (TPSA) is 74.8 Å². The van der Waals surface area contributed by atoms with Crippen molar-refractivity contribution in [3.8, 4) is 11.3 Å². The van der Waals surface area contributed by atoms with Crippen molar-refractivity contribution in [2.75, 3.05) is 6.54 Å². The fraction of sp³-hybridized carbons (Fsp3) is 0.267. The van der Waals surface area contributed by atoms with Crippen LogP contribution in [0, 0.1) is 5.92 Å². The van der Waals surface area contributed by atoms with Crippen LogP contribution in [0.25, 0.3) is 11.3 Å². The Balaban J connectivity index is 2.31. The lowest BCUT2D eigenvalue weighted by atomic mass is 10.1. The molecule has 2 aromatic rings. The summed E-state index contributed by atoms with van der Waals surface area (Å²) in [6.07, 6.45) is 0. The summed E-state index contributed by atoms with van der Waals surface area (Å²) in [5.74, 6) is 0.0108. The predicted molar refractivity (Wildman–Crippen MR) is 82.5 cm³/mol. The molecule has 0 aliphatic rings. The predicted octanol–water partition coefficient (Wildman–Crippen LogP) is 2.48. The van der Waals surface area contributed by atoms with Crippen molar-refractivity contribution in [2.45, 2.75) is 13.8 Å². The highest BCUT2D eigenvalue weighted by atomic mass is 35.5. The lowest BCUT2D eigenvalue weighted by Gasteiger charge is -2.08. The summed E-state index contributed by atoms with van der Waals surface area (Å²) in [6.45, 7) is 4.53. The molecule has 0 aliphatic heterocycles. The fourth-order valence-electron chi connectivity index (χ4n) is 1.74. The third kappa shape index (κ3) is 4.16. The van der Waals surface area contributed by atoms with Crippen molar-refractivity contribution in [2.24, 2.45) is 5.92 Å². The number of rotatable bonds is 4. The van der Waals surface area contributed by atoms with Crippen LogP contribution in [-0.2, 0) is 0 Å². The third-order valence-corrected chi connectivity index (χ3v) is 3.05. The summed E-state index contributed by atoms with van der Waals surface area (Å²) in [7, 11) is 0. The van der Waals surface area contributed by atoms with Crippen LogP contribution < -0.4 is 11.0 Å². The minimum atomic E-state index is -0.558. The van der Waals surface area contributed by atoms with Gasteiger partial charge in [-0.2, -0.15) is 4.98 Å². The van der Waals surface area contributed by atoms with E-state index in [4.69, 9.17) is 11.6 Å². The maximum absolute atomic E-state index is 12.0. The molecule has 1 heterocycles. The number of hydrogen-bond acceptors (Lipinski definition) is 3. The Labute approximate surface area is 127 Å². The number of carbonyl (C=O) groups excluding carboxylic acids is 1. The van der Waals surface area contributed by atoms with Crippen molar-refractivity contribution in [1.29, 1.82) is 0 Å². The third-order valence-electron chi connectivity index (χ3n) is 2.80. The molecule has 0 bridgehead atoms. The summed E-state index contributed by atoms with van der Waals surface area (Å²) < 4.78 is 0. The number of H-pyrrole nitrogens is 1. The first kappa shape index (κ1) is 15.3. The molecule has 0 atom stereocenters. The van der Waals surface area contributed by atoms with E-state index < -0.39 is 5.69 Å². The minimum absolute atomic E-state index is 0.195. The molecule has 21 heavy (non-hydrogen) atoms. The number of aromatic amines is 1. The second kappa shape index (κ2) is 6.54. The second-order valence-corrected chi connectivity index (χ2v) is 5.53. The minimum Gasteiger partial charge on any atom is -0.351 e. The number of nitrogens with zero attached hydrogens (tertiary/aromatic N) is 1. The van der Waals surface area contributed by atoms with Crippen molar-refractivity contribution in [1.82, 2.24) is 15.3 Å². The highest BCUT2D eigenvalue weighted by Gasteiger charge is 2.10. The normalized spacial score (nSPS) is 10.7. The van der Waals surface area contributed by atoms with Gasteiger partial charge in [0.05, 0.1) is 5.69 Å². The van der Waals surface area contributed by atoms with Crippen LogP contribution in [0.4, 0.5) is 0 Å². The zero-order chi connectivity index (χ0) is 15.4. The number of amides is 1. The average Bonchev–Trinajstić information content (AvgIpc) is 2.44. The molecule has 1 aromatic carbocycles. The molecule has 0 aliphatic carbocycles. The molecule has 0 fully saturated rings. The van der Waals surface area contributed by atoms with Crippen LogP contribution in [0.5, 0.6) is 0 Å². The largest absolute Gasteiger partial charge is 0.351 e. The maximum atomic E-state index is 12.0. The van der Waals surface area contributed by atoms with Crippen molar-refractivity contribution >= 4 is 17.5 Å². The fourth-order valence-corrected chi connectivity index (χ4v) is 1.87. The van der Waals surface area contributed by atoms with Gasteiger partial charge in [-0.25, -0.2) is 4.79 Å². The van der Waals surface area contributed by atoms with Gasteiger partial charge in [0.2, 0.25) is 0 Å². The van der Waals surface area contributed by atoms with Crippen LogP contribution in [0.3, 0.4) is 0 Å². The van der Waals surface area contributed by atoms with Gasteiger partial charge in [-0.3, -0.25) is 4.79 Å². The first-order valence-electron chi connectivity index (χ1n) is 6.61. The van der Waals surface area contributed by atoms with Crippen molar-refractivity contribution in [3.63, 3.8) is 0 Å². The Morgan fingerprint density at radius 1 is 1.33 bits per heavy atom. The monoisotopic (exact) mass is 305 g/mol. The van der Waals surface area contributed by atoms with E-state index >= 15 is 0 Å². The molecule has 1 amide bonds. The summed E-state index contributed by atoms with van der Waals surface area (Å²) in [5, 5.41) is 3.35. The van der Waals surface area contributed by atoms with E-state index in [0.717, 1.165) is 5.56 Å². The Morgan fingerprint density at radius 3 is 2.62 bits per heavy atom. The van der Waals surface area contributed by atoms with E-state index in [1.54, 1.807) is 30.3 Å². The molecule has 6 heteroatoms. The van der Waals surface area contributed by atoms with Gasteiger partial charge >= 0.3 is 5.69 Å². The SMILES string of the molecule is CC(C)CNC(=O)c1cc(-c2ccc(Cl)cc2)nc(=O)[nH]1. The molecule has 5 nitrogen and oxygen atoms in total. The molecule has 2 rings (SSSR count). The van der Waals surface area contributed by atoms with E-state index in [1.165, 1.54) is 0 Å². The quantitative estimate of drug-likeness (QED) is 0.911. The standard InChI is InChI=1S/C15H16ClN3O2/c1-9(2)8-17-14(20)13-7-12(18-15(21)19-13)10-3-5-11(16)6-4-10/h3-7,9H,8H2,1-2H3,(H,17,20)(H,18,19,21). The number of hydrogen-bond donors (Lipinski definition) is 2. The number of benzene rings is 1. The van der Waals surface area contributed by atoms with Crippen LogP contribution in [0.1, 0.15) is 24.3 Å². The second-order valence-electron chi connectivity index (χ2n) is 5.10. The van der Waals surface area contributed by atoms with Gasteiger partial charge in [0, 0.05) is 17.1 Å². The molecule has 0 unspecified atom stereocenters. The first-order valence-corrected chi connectivity index (χ1v) is 6.99. The van der Waals surface area contributed by atoms with Gasteiger partial charge in [-0.05, 0) is 24.1 Å². The maximum Gasteiger partial charge on any atom is 0.346 e. The lowest BCUT2D eigenvalue weighted by Crippen LogP contribution is -2.30. The van der Waals surface area contributed by atoms with Gasteiger partial charge in [0.25, 0.3) is 5.91 Å². The molecule has 0 saturated carbocycles. The van der Waals surface area contributed by atoms with Gasteiger partial charge < -0.3 is 10.3 Å². The van der Waals surface area contributed by atoms with Crippen LogP contribution in [0.2, 0.25) is 5.02 Å². The summed E-state index contributed by atoms with van der Waals surface area (Å²) in [6, 6.07) is 8.47. The highest BCUT2D eigenvalue weighted by molar-refractivity contribution is 6.30. The number of carbonyl (C=O) groups is 1. The number of aromatic nitrogens is 2. The molecular weight excluding hydrogens is 290 g/mol. The van der Waals surface area contributed by atoms with Crippen molar-refractivity contribution in [3.05, 3.63) is 51.5 Å². The van der Waals surface area contributed by atoms with Gasteiger partial charge in [-0.1, -0.05) is 37.6 Å². The van der Waals surface area contributed by atoms with Crippen LogP contribution in [0.15, 0.2) is 35.1 Å². The average molecular weight is 306 g/mol. The molecule has 0 spiro atoms. The molecule has 0 saturated heterocycles. The van der Waals surface area contributed by atoms with Gasteiger partial charge in [-0.15, -0.1) is 0 Å². The van der Waals surface area contributed by atoms with E-state index in [1.807, 2.05) is 13.8 Å². The molecule has 110 valence electrons. The van der Waals surface area contributed by atoms with Crippen LogP contribution >= 0.6 is 11.6 Å². The molecular formula is C15H16ClN3O2. The lowest BCUT2D eigenvalue weighted by molar-refractivity contribution is 0.0943. The smallest absolute Gasteiger partial charge is 0.346 e. The molecule has 1 aromatic heterocycles. The Kier molecular flexibility index (Phi) is 4.75. The van der Waals surface area contributed by atoms with Gasteiger partial charge in [0.15, 0.2) is 0 Å².